The van der Waals surface area contributed by atoms with E-state index in [4.69, 9.17) is 0 Å². The molecule has 0 aliphatic rings. The van der Waals surface area contributed by atoms with Gasteiger partial charge in [-0.25, -0.2) is 9.67 Å². The fourth-order valence-electron chi connectivity index (χ4n) is 2.73. The van der Waals surface area contributed by atoms with Crippen LogP contribution in [0.15, 0.2) is 54.7 Å². The number of aromatic nitrogens is 3. The van der Waals surface area contributed by atoms with Crippen LogP contribution in [0.25, 0.3) is 5.82 Å². The Morgan fingerprint density at radius 2 is 1.83 bits per heavy atom. The average molecular weight is 320 g/mol. The van der Waals surface area contributed by atoms with E-state index in [0.29, 0.717) is 12.1 Å². The van der Waals surface area contributed by atoms with E-state index in [-0.39, 0.29) is 5.91 Å². The summed E-state index contributed by atoms with van der Waals surface area (Å²) in [5, 5.41) is 7.54. The molecule has 0 aliphatic carbocycles. The van der Waals surface area contributed by atoms with Crippen LogP contribution < -0.4 is 5.32 Å². The molecule has 2 heterocycles. The zero-order chi connectivity index (χ0) is 16.9. The standard InChI is InChI=1S/C19H20N4O/c1-14-17(11-13-21-19(24)16-8-4-3-5-9-16)15(2)23(22-14)18-10-6-7-12-20-18/h3-10,12H,11,13H2,1-2H3,(H,21,24). The van der Waals surface area contributed by atoms with Crippen LogP contribution in [-0.4, -0.2) is 27.2 Å². The molecule has 24 heavy (non-hydrogen) atoms. The molecule has 0 spiro atoms. The maximum absolute atomic E-state index is 12.1. The molecule has 122 valence electrons. The first-order chi connectivity index (χ1) is 11.7. The molecule has 0 saturated heterocycles. The van der Waals surface area contributed by atoms with Crippen LogP contribution in [0, 0.1) is 13.8 Å². The Morgan fingerprint density at radius 3 is 2.54 bits per heavy atom. The lowest BCUT2D eigenvalue weighted by Gasteiger charge is -2.06. The van der Waals surface area contributed by atoms with E-state index >= 15 is 0 Å². The Labute approximate surface area is 141 Å². The smallest absolute Gasteiger partial charge is 0.251 e. The van der Waals surface area contributed by atoms with Gasteiger partial charge in [-0.1, -0.05) is 24.3 Å². The van der Waals surface area contributed by atoms with Crippen molar-refractivity contribution in [3.63, 3.8) is 0 Å². The number of benzene rings is 1. The zero-order valence-electron chi connectivity index (χ0n) is 13.9. The summed E-state index contributed by atoms with van der Waals surface area (Å²) in [6, 6.07) is 15.0. The normalized spacial score (nSPS) is 10.6. The number of aryl methyl sites for hydroxylation is 1. The highest BCUT2D eigenvalue weighted by Crippen LogP contribution is 2.16. The molecule has 0 atom stereocenters. The van der Waals surface area contributed by atoms with Crippen LogP contribution in [-0.2, 0) is 6.42 Å². The van der Waals surface area contributed by atoms with Gasteiger partial charge in [-0.15, -0.1) is 0 Å². The van der Waals surface area contributed by atoms with Gasteiger partial charge in [0, 0.05) is 24.0 Å². The van der Waals surface area contributed by atoms with E-state index in [1.807, 2.05) is 67.1 Å². The summed E-state index contributed by atoms with van der Waals surface area (Å²) >= 11 is 0. The van der Waals surface area contributed by atoms with Crippen LogP contribution in [0.1, 0.15) is 27.3 Å². The lowest BCUT2D eigenvalue weighted by molar-refractivity contribution is 0.0954. The van der Waals surface area contributed by atoms with Crippen molar-refractivity contribution < 1.29 is 4.79 Å². The number of pyridine rings is 1. The highest BCUT2D eigenvalue weighted by molar-refractivity contribution is 5.94. The second-order valence-corrected chi connectivity index (χ2v) is 5.62. The molecule has 0 fully saturated rings. The zero-order valence-corrected chi connectivity index (χ0v) is 13.9. The molecule has 1 aromatic carbocycles. The number of nitrogens with one attached hydrogen (secondary N) is 1. The molecule has 0 aliphatic heterocycles. The SMILES string of the molecule is Cc1nn(-c2ccccn2)c(C)c1CCNC(=O)c1ccccc1. The van der Waals surface area contributed by atoms with Gasteiger partial charge in [-0.05, 0) is 50.1 Å². The average Bonchev–Trinajstić information content (AvgIpc) is 2.91. The third-order valence-electron chi connectivity index (χ3n) is 4.00. The Bertz CT molecular complexity index is 825. The van der Waals surface area contributed by atoms with Crippen molar-refractivity contribution in [2.24, 2.45) is 0 Å². The Kier molecular flexibility index (Phi) is 4.70. The second kappa shape index (κ2) is 7.08. The van der Waals surface area contributed by atoms with Crippen molar-refractivity contribution in [1.82, 2.24) is 20.1 Å². The maximum atomic E-state index is 12.1. The van der Waals surface area contributed by atoms with E-state index in [1.54, 1.807) is 6.20 Å². The summed E-state index contributed by atoms with van der Waals surface area (Å²) in [4.78, 5) is 16.4. The van der Waals surface area contributed by atoms with Crippen LogP contribution >= 0.6 is 0 Å². The van der Waals surface area contributed by atoms with Gasteiger partial charge in [0.15, 0.2) is 5.82 Å². The molecule has 1 N–H and O–H groups in total. The first-order valence-electron chi connectivity index (χ1n) is 7.96. The first-order valence-corrected chi connectivity index (χ1v) is 7.96. The van der Waals surface area contributed by atoms with Crippen LogP contribution in [0.3, 0.4) is 0 Å². The number of rotatable bonds is 5. The fraction of sp³-hybridized carbons (Fsp3) is 0.211. The van der Waals surface area contributed by atoms with E-state index in [0.717, 1.165) is 29.2 Å². The topological polar surface area (TPSA) is 59.8 Å². The number of nitrogens with zero attached hydrogens (tertiary/aromatic N) is 3. The minimum atomic E-state index is -0.0528. The molecule has 2 aromatic heterocycles. The lowest BCUT2D eigenvalue weighted by Crippen LogP contribution is -2.25. The minimum absolute atomic E-state index is 0.0528. The Balaban J connectivity index is 1.68. The van der Waals surface area contributed by atoms with Crippen molar-refractivity contribution >= 4 is 5.91 Å². The highest BCUT2D eigenvalue weighted by atomic mass is 16.1. The largest absolute Gasteiger partial charge is 0.352 e. The predicted octanol–water partition coefficient (Wildman–Crippen LogP) is 2.86. The van der Waals surface area contributed by atoms with Crippen LogP contribution in [0.2, 0.25) is 0 Å². The summed E-state index contributed by atoms with van der Waals surface area (Å²) in [6.45, 7) is 4.59. The van der Waals surface area contributed by atoms with Crippen LogP contribution in [0.4, 0.5) is 0 Å². The monoisotopic (exact) mass is 320 g/mol. The molecule has 0 bridgehead atoms. The number of hydrogen-bond acceptors (Lipinski definition) is 3. The lowest BCUT2D eigenvalue weighted by atomic mass is 10.1. The van der Waals surface area contributed by atoms with Gasteiger partial charge in [-0.2, -0.15) is 5.10 Å². The fourth-order valence-corrected chi connectivity index (χ4v) is 2.73. The molecule has 0 unspecified atom stereocenters. The van der Waals surface area contributed by atoms with E-state index in [1.165, 1.54) is 0 Å². The summed E-state index contributed by atoms with van der Waals surface area (Å²) in [5.74, 6) is 0.751. The molecular formula is C19H20N4O. The molecule has 1 amide bonds. The summed E-state index contributed by atoms with van der Waals surface area (Å²) in [6.07, 6.45) is 2.49. The van der Waals surface area contributed by atoms with Crippen molar-refractivity contribution in [2.45, 2.75) is 20.3 Å². The van der Waals surface area contributed by atoms with Gasteiger partial charge in [0.1, 0.15) is 0 Å². The van der Waals surface area contributed by atoms with Gasteiger partial charge in [-0.3, -0.25) is 4.79 Å². The summed E-state index contributed by atoms with van der Waals surface area (Å²) < 4.78 is 1.85. The predicted molar refractivity (Wildman–Crippen MR) is 93.3 cm³/mol. The Hall–Kier alpha value is -2.95. The number of carbonyl (C=O) groups is 1. The van der Waals surface area contributed by atoms with E-state index in [9.17, 15) is 4.79 Å². The molecule has 0 radical (unpaired) electrons. The molecule has 3 aromatic rings. The summed E-state index contributed by atoms with van der Waals surface area (Å²) in [7, 11) is 0. The molecule has 5 nitrogen and oxygen atoms in total. The van der Waals surface area contributed by atoms with Crippen molar-refractivity contribution in [3.8, 4) is 5.82 Å². The van der Waals surface area contributed by atoms with Crippen molar-refractivity contribution in [3.05, 3.63) is 77.2 Å². The number of carbonyl (C=O) groups excluding carboxylic acids is 1. The highest BCUT2D eigenvalue weighted by Gasteiger charge is 2.13. The number of hydrogen-bond donors (Lipinski definition) is 1. The molecule has 0 saturated carbocycles. The van der Waals surface area contributed by atoms with Crippen LogP contribution in [0.5, 0.6) is 0 Å². The van der Waals surface area contributed by atoms with E-state index < -0.39 is 0 Å². The Morgan fingerprint density at radius 1 is 1.08 bits per heavy atom. The summed E-state index contributed by atoms with van der Waals surface area (Å²) in [5.41, 5.74) is 3.84. The molecule has 3 rings (SSSR count). The second-order valence-electron chi connectivity index (χ2n) is 5.62. The maximum Gasteiger partial charge on any atom is 0.251 e. The van der Waals surface area contributed by atoms with Gasteiger partial charge in [0.2, 0.25) is 0 Å². The third kappa shape index (κ3) is 3.35. The van der Waals surface area contributed by atoms with Gasteiger partial charge in [0.25, 0.3) is 5.91 Å². The quantitative estimate of drug-likeness (QED) is 0.786. The minimum Gasteiger partial charge on any atom is -0.352 e. The van der Waals surface area contributed by atoms with Crippen molar-refractivity contribution in [2.75, 3.05) is 6.54 Å². The van der Waals surface area contributed by atoms with Gasteiger partial charge < -0.3 is 5.32 Å². The van der Waals surface area contributed by atoms with E-state index in [2.05, 4.69) is 15.4 Å². The first kappa shape index (κ1) is 15.9. The van der Waals surface area contributed by atoms with Gasteiger partial charge >= 0.3 is 0 Å². The third-order valence-corrected chi connectivity index (χ3v) is 4.00. The van der Waals surface area contributed by atoms with Gasteiger partial charge in [0.05, 0.1) is 5.69 Å². The number of amides is 1. The van der Waals surface area contributed by atoms with Crippen molar-refractivity contribution in [1.29, 1.82) is 0 Å². The molecular weight excluding hydrogens is 300 g/mol. The molecule has 5 heteroatoms.